The van der Waals surface area contributed by atoms with Crippen LogP contribution in [0.2, 0.25) is 0 Å². The van der Waals surface area contributed by atoms with Crippen LogP contribution in [0, 0.1) is 0 Å². The number of pyridine rings is 2. The maximum Gasteiger partial charge on any atom is 0.253 e. The summed E-state index contributed by atoms with van der Waals surface area (Å²) in [7, 11) is 0. The summed E-state index contributed by atoms with van der Waals surface area (Å²) in [4.78, 5) is 35.5. The van der Waals surface area contributed by atoms with E-state index in [1.165, 1.54) is 6.20 Å². The first-order chi connectivity index (χ1) is 14.6. The lowest BCUT2D eigenvalue weighted by Crippen LogP contribution is -2.40. The first kappa shape index (κ1) is 19.6. The molecule has 0 aliphatic carbocycles. The normalized spacial score (nSPS) is 13.9. The van der Waals surface area contributed by atoms with Gasteiger partial charge in [0.1, 0.15) is 0 Å². The molecule has 1 atom stereocenters. The summed E-state index contributed by atoms with van der Waals surface area (Å²) in [6, 6.07) is 15.3. The average molecular weight is 401 g/mol. The molecule has 152 valence electrons. The van der Waals surface area contributed by atoms with Crippen LogP contribution in [-0.4, -0.2) is 34.4 Å². The van der Waals surface area contributed by atoms with Crippen molar-refractivity contribution in [3.05, 3.63) is 83.8 Å². The van der Waals surface area contributed by atoms with E-state index in [-0.39, 0.29) is 24.4 Å². The van der Waals surface area contributed by atoms with Crippen molar-refractivity contribution in [2.24, 2.45) is 0 Å². The number of amides is 2. The molecule has 0 radical (unpaired) electrons. The Labute approximate surface area is 175 Å². The summed E-state index contributed by atoms with van der Waals surface area (Å²) < 4.78 is 0. The van der Waals surface area contributed by atoms with Crippen LogP contribution >= 0.6 is 0 Å². The van der Waals surface area contributed by atoms with E-state index in [2.05, 4.69) is 20.6 Å². The number of nitrogens with one attached hydrogen (secondary N) is 2. The van der Waals surface area contributed by atoms with E-state index >= 15 is 0 Å². The van der Waals surface area contributed by atoms with Crippen molar-refractivity contribution < 1.29 is 9.59 Å². The molecule has 30 heavy (non-hydrogen) atoms. The number of anilines is 2. The van der Waals surface area contributed by atoms with Gasteiger partial charge in [-0.05, 0) is 36.6 Å². The van der Waals surface area contributed by atoms with Crippen LogP contribution in [0.4, 0.5) is 11.5 Å². The van der Waals surface area contributed by atoms with Gasteiger partial charge < -0.3 is 15.5 Å². The molecule has 7 heteroatoms. The Kier molecular flexibility index (Phi) is 5.70. The number of fused-ring (bicyclic) bond motifs is 1. The predicted octanol–water partition coefficient (Wildman–Crippen LogP) is 2.80. The van der Waals surface area contributed by atoms with Crippen LogP contribution in [0.3, 0.4) is 0 Å². The van der Waals surface area contributed by atoms with Crippen molar-refractivity contribution in [1.82, 2.24) is 15.3 Å². The second-order valence-electron chi connectivity index (χ2n) is 7.35. The maximum absolute atomic E-state index is 12.8. The van der Waals surface area contributed by atoms with E-state index in [1.807, 2.05) is 49.4 Å². The van der Waals surface area contributed by atoms with Gasteiger partial charge in [0, 0.05) is 24.6 Å². The summed E-state index contributed by atoms with van der Waals surface area (Å²) in [6.45, 7) is 2.56. The SMILES string of the molecule is CC(Cc1cccnc1)NC(=O)c1cnc2c(c1)N(Cc1ccccc1)C(=O)CN2. The van der Waals surface area contributed by atoms with Crippen LogP contribution in [0.25, 0.3) is 0 Å². The molecular formula is C23H23N5O2. The highest BCUT2D eigenvalue weighted by atomic mass is 16.2. The molecule has 7 nitrogen and oxygen atoms in total. The number of carbonyl (C=O) groups excluding carboxylic acids is 2. The van der Waals surface area contributed by atoms with Crippen LogP contribution < -0.4 is 15.5 Å². The second kappa shape index (κ2) is 8.73. The standard InChI is InChI=1S/C23H23N5O2/c1-16(10-18-8-5-9-24-12-18)27-23(30)19-11-20-22(25-13-19)26-14-21(29)28(20)15-17-6-3-2-4-7-17/h2-9,11-13,16H,10,14-15H2,1H3,(H,25,26)(H,27,30). The number of hydrogen-bond donors (Lipinski definition) is 2. The third-order valence-corrected chi connectivity index (χ3v) is 4.95. The van der Waals surface area contributed by atoms with E-state index < -0.39 is 0 Å². The molecule has 1 aliphatic rings. The van der Waals surface area contributed by atoms with Gasteiger partial charge in [-0.1, -0.05) is 36.4 Å². The Morgan fingerprint density at radius 1 is 1.17 bits per heavy atom. The second-order valence-corrected chi connectivity index (χ2v) is 7.35. The van der Waals surface area contributed by atoms with Gasteiger partial charge in [-0.3, -0.25) is 14.6 Å². The number of aromatic nitrogens is 2. The highest BCUT2D eigenvalue weighted by Crippen LogP contribution is 2.29. The quantitative estimate of drug-likeness (QED) is 0.663. The zero-order valence-electron chi connectivity index (χ0n) is 16.7. The van der Waals surface area contributed by atoms with Gasteiger partial charge in [-0.2, -0.15) is 0 Å². The topological polar surface area (TPSA) is 87.2 Å². The van der Waals surface area contributed by atoms with Crippen molar-refractivity contribution in [2.45, 2.75) is 25.9 Å². The molecule has 1 aliphatic heterocycles. The Morgan fingerprint density at radius 3 is 2.73 bits per heavy atom. The molecule has 0 saturated carbocycles. The number of rotatable bonds is 6. The summed E-state index contributed by atoms with van der Waals surface area (Å²) >= 11 is 0. The van der Waals surface area contributed by atoms with Crippen molar-refractivity contribution in [2.75, 3.05) is 16.8 Å². The molecule has 2 amide bonds. The van der Waals surface area contributed by atoms with Crippen LogP contribution in [0.5, 0.6) is 0 Å². The molecule has 1 aromatic carbocycles. The minimum Gasteiger partial charge on any atom is -0.359 e. The van der Waals surface area contributed by atoms with Crippen LogP contribution in [0.1, 0.15) is 28.4 Å². The summed E-state index contributed by atoms with van der Waals surface area (Å²) in [5, 5.41) is 6.02. The lowest BCUT2D eigenvalue weighted by Gasteiger charge is -2.30. The number of nitrogens with zero attached hydrogens (tertiary/aromatic N) is 3. The number of benzene rings is 1. The van der Waals surface area contributed by atoms with E-state index in [9.17, 15) is 9.59 Å². The fourth-order valence-electron chi connectivity index (χ4n) is 3.48. The maximum atomic E-state index is 12.8. The van der Waals surface area contributed by atoms with Crippen molar-refractivity contribution in [3.63, 3.8) is 0 Å². The first-order valence-corrected chi connectivity index (χ1v) is 9.88. The number of carbonyl (C=O) groups is 2. The summed E-state index contributed by atoms with van der Waals surface area (Å²) in [6.07, 6.45) is 5.73. The first-order valence-electron chi connectivity index (χ1n) is 9.88. The summed E-state index contributed by atoms with van der Waals surface area (Å²) in [5.41, 5.74) is 3.10. The fourth-order valence-corrected chi connectivity index (χ4v) is 3.48. The van der Waals surface area contributed by atoms with E-state index in [0.717, 1.165) is 11.1 Å². The average Bonchev–Trinajstić information content (AvgIpc) is 2.76. The predicted molar refractivity (Wildman–Crippen MR) is 115 cm³/mol. The Bertz CT molecular complexity index is 1040. The van der Waals surface area contributed by atoms with Gasteiger partial charge in [0.15, 0.2) is 5.82 Å². The van der Waals surface area contributed by atoms with Crippen molar-refractivity contribution in [1.29, 1.82) is 0 Å². The van der Waals surface area contributed by atoms with Gasteiger partial charge in [0.05, 0.1) is 24.3 Å². The highest BCUT2D eigenvalue weighted by Gasteiger charge is 2.26. The molecule has 2 aromatic heterocycles. The third-order valence-electron chi connectivity index (χ3n) is 4.95. The molecule has 1 unspecified atom stereocenters. The molecule has 0 fully saturated rings. The fraction of sp³-hybridized carbons (Fsp3) is 0.217. The van der Waals surface area contributed by atoms with Crippen molar-refractivity contribution in [3.8, 4) is 0 Å². The minimum atomic E-state index is -0.223. The Balaban J connectivity index is 1.51. The van der Waals surface area contributed by atoms with Gasteiger partial charge >= 0.3 is 0 Å². The summed E-state index contributed by atoms with van der Waals surface area (Å²) in [5.74, 6) is 0.320. The zero-order valence-corrected chi connectivity index (χ0v) is 16.7. The molecule has 0 spiro atoms. The van der Waals surface area contributed by atoms with E-state index in [0.29, 0.717) is 30.0 Å². The monoisotopic (exact) mass is 401 g/mol. The van der Waals surface area contributed by atoms with Gasteiger partial charge in [-0.15, -0.1) is 0 Å². The van der Waals surface area contributed by atoms with E-state index in [1.54, 1.807) is 23.4 Å². The Hall–Kier alpha value is -3.74. The molecule has 3 aromatic rings. The molecule has 3 heterocycles. The Morgan fingerprint density at radius 2 is 1.97 bits per heavy atom. The molecule has 0 saturated heterocycles. The largest absolute Gasteiger partial charge is 0.359 e. The molecular weight excluding hydrogens is 378 g/mol. The molecule has 0 bridgehead atoms. The molecule has 4 rings (SSSR count). The lowest BCUT2D eigenvalue weighted by atomic mass is 10.1. The smallest absolute Gasteiger partial charge is 0.253 e. The third kappa shape index (κ3) is 4.46. The lowest BCUT2D eigenvalue weighted by molar-refractivity contribution is -0.117. The van der Waals surface area contributed by atoms with Gasteiger partial charge in [0.2, 0.25) is 5.91 Å². The number of hydrogen-bond acceptors (Lipinski definition) is 5. The molecule has 2 N–H and O–H groups in total. The van der Waals surface area contributed by atoms with Crippen LogP contribution in [-0.2, 0) is 17.8 Å². The van der Waals surface area contributed by atoms with Crippen LogP contribution in [0.15, 0.2) is 67.1 Å². The van der Waals surface area contributed by atoms with E-state index in [4.69, 9.17) is 0 Å². The van der Waals surface area contributed by atoms with Gasteiger partial charge in [-0.25, -0.2) is 4.98 Å². The minimum absolute atomic E-state index is 0.0596. The van der Waals surface area contributed by atoms with Gasteiger partial charge in [0.25, 0.3) is 5.91 Å². The van der Waals surface area contributed by atoms with Crippen molar-refractivity contribution >= 4 is 23.3 Å². The zero-order chi connectivity index (χ0) is 20.9. The highest BCUT2D eigenvalue weighted by molar-refractivity contribution is 6.04.